The summed E-state index contributed by atoms with van der Waals surface area (Å²) >= 11 is 4.93. The van der Waals surface area contributed by atoms with Crippen LogP contribution in [0.4, 0.5) is 16.4 Å². The number of nitrogens with zero attached hydrogens (tertiary/aromatic N) is 3. The van der Waals surface area contributed by atoms with E-state index in [0.717, 1.165) is 54.3 Å². The van der Waals surface area contributed by atoms with E-state index in [-0.39, 0.29) is 29.7 Å². The monoisotopic (exact) mass is 654 g/mol. The molecule has 0 spiro atoms. The lowest BCUT2D eigenvalue weighted by molar-refractivity contribution is -0.394. The number of nitrogens with one attached hydrogen (secondary N) is 1. The molecule has 1 aliphatic carbocycles. The number of ether oxygens (including phenoxy) is 2. The van der Waals surface area contributed by atoms with Crippen molar-refractivity contribution in [2.24, 2.45) is 4.99 Å². The molecule has 2 aromatic carbocycles. The maximum atomic E-state index is 13.3. The average molecular weight is 655 g/mol. The van der Waals surface area contributed by atoms with Crippen LogP contribution in [-0.2, 0) is 19.4 Å². The van der Waals surface area contributed by atoms with Gasteiger partial charge in [-0.3, -0.25) is 25.0 Å². The molecule has 0 aliphatic heterocycles. The molecule has 12 nitrogen and oxygen atoms in total. The molecule has 42 heavy (non-hydrogen) atoms. The number of thiophene rings is 1. The predicted molar refractivity (Wildman–Crippen MR) is 159 cm³/mol. The molecule has 0 radical (unpaired) electrons. The number of aryl methyl sites for hydroxylation is 1. The second-order valence-corrected chi connectivity index (χ2v) is 11.2. The highest BCUT2D eigenvalue weighted by molar-refractivity contribution is 9.10. The van der Waals surface area contributed by atoms with Crippen LogP contribution in [0.25, 0.3) is 0 Å². The first-order valence-electron chi connectivity index (χ1n) is 12.7. The van der Waals surface area contributed by atoms with Crippen molar-refractivity contribution in [1.82, 2.24) is 5.32 Å². The first-order valence-corrected chi connectivity index (χ1v) is 14.3. The van der Waals surface area contributed by atoms with Gasteiger partial charge in [-0.05, 0) is 83.1 Å². The topological polar surface area (TPSA) is 159 Å². The highest BCUT2D eigenvalue weighted by Crippen LogP contribution is 2.43. The third kappa shape index (κ3) is 6.19. The van der Waals surface area contributed by atoms with Gasteiger partial charge in [0.15, 0.2) is 11.5 Å². The summed E-state index contributed by atoms with van der Waals surface area (Å²) in [5.41, 5.74) is 1.20. The fourth-order valence-electron chi connectivity index (χ4n) is 4.55. The van der Waals surface area contributed by atoms with E-state index in [1.807, 2.05) is 0 Å². The van der Waals surface area contributed by atoms with E-state index in [4.69, 9.17) is 13.9 Å². The van der Waals surface area contributed by atoms with Gasteiger partial charge >= 0.3 is 5.69 Å². The number of halogens is 1. The Labute approximate surface area is 251 Å². The predicted octanol–water partition coefficient (Wildman–Crippen LogP) is 7.28. The van der Waals surface area contributed by atoms with Gasteiger partial charge in [0.1, 0.15) is 10.8 Å². The number of fused-ring (bicyclic) bond motifs is 1. The summed E-state index contributed by atoms with van der Waals surface area (Å²) in [6, 6.07) is 9.98. The number of rotatable bonds is 10. The van der Waals surface area contributed by atoms with Gasteiger partial charge in [-0.15, -0.1) is 11.3 Å². The quantitative estimate of drug-likeness (QED) is 0.106. The van der Waals surface area contributed by atoms with E-state index >= 15 is 0 Å². The van der Waals surface area contributed by atoms with Crippen LogP contribution in [0.1, 0.15) is 45.0 Å². The zero-order valence-corrected chi connectivity index (χ0v) is 24.5. The Morgan fingerprint density at radius 1 is 1.14 bits per heavy atom. The number of furan rings is 1. The molecule has 5 rings (SSSR count). The van der Waals surface area contributed by atoms with Gasteiger partial charge in [-0.25, -0.2) is 4.99 Å². The minimum atomic E-state index is -0.757. The number of aliphatic imine (C=N–C) groups is 1. The van der Waals surface area contributed by atoms with Crippen molar-refractivity contribution in [3.8, 4) is 17.2 Å². The summed E-state index contributed by atoms with van der Waals surface area (Å²) in [4.78, 5) is 40.3. The first-order chi connectivity index (χ1) is 20.2. The molecule has 2 aromatic heterocycles. The zero-order chi connectivity index (χ0) is 29.8. The van der Waals surface area contributed by atoms with Gasteiger partial charge in [0.05, 0.1) is 45.9 Å². The summed E-state index contributed by atoms with van der Waals surface area (Å²) < 4.78 is 17.0. The van der Waals surface area contributed by atoms with Crippen LogP contribution in [-0.4, -0.2) is 29.1 Å². The van der Waals surface area contributed by atoms with E-state index in [2.05, 4.69) is 26.2 Å². The van der Waals surface area contributed by atoms with E-state index < -0.39 is 21.2 Å². The minimum absolute atomic E-state index is 0.135. The first kappa shape index (κ1) is 29.0. The van der Waals surface area contributed by atoms with Gasteiger partial charge in [-0.2, -0.15) is 0 Å². The molecule has 0 saturated heterocycles. The summed E-state index contributed by atoms with van der Waals surface area (Å²) in [6.07, 6.45) is 6.93. The van der Waals surface area contributed by atoms with Crippen LogP contribution in [0.5, 0.6) is 17.2 Å². The SMILES string of the molecule is COc1cc(C=Nc2sc3c(c2C(=O)NCc2ccco2)CCCC3)cc(Br)c1Oc1ccc([N+](=O)[O-])cc1[N+](=O)[O-]. The average Bonchev–Trinajstić information content (AvgIpc) is 3.63. The normalized spacial score (nSPS) is 12.6. The van der Waals surface area contributed by atoms with E-state index in [9.17, 15) is 25.0 Å². The number of carbonyl (C=O) groups excluding carboxylic acids is 1. The van der Waals surface area contributed by atoms with Crippen LogP contribution in [0.15, 0.2) is 62.6 Å². The molecular formula is C28H23BrN4O8S. The molecule has 0 unspecified atom stereocenters. The van der Waals surface area contributed by atoms with Crippen LogP contribution in [0.2, 0.25) is 0 Å². The minimum Gasteiger partial charge on any atom is -0.493 e. The van der Waals surface area contributed by atoms with Gasteiger partial charge in [0.25, 0.3) is 11.6 Å². The molecule has 1 amide bonds. The van der Waals surface area contributed by atoms with Gasteiger partial charge in [-0.1, -0.05) is 0 Å². The van der Waals surface area contributed by atoms with Gasteiger partial charge in [0.2, 0.25) is 5.75 Å². The maximum absolute atomic E-state index is 13.3. The van der Waals surface area contributed by atoms with Crippen molar-refractivity contribution in [3.63, 3.8) is 0 Å². The standard InChI is InChI=1S/C28H23BrN4O8S/c1-39-23-12-16(11-20(29)26(23)41-22-9-8-17(32(35)36)13-21(22)33(37)38)14-31-28-25(19-6-2-3-7-24(19)42-28)27(34)30-15-18-5-4-10-40-18/h4-5,8-14H,2-3,6-7,15H2,1H3,(H,30,34). The number of nitro benzene ring substituents is 2. The fraction of sp³-hybridized carbons (Fsp3) is 0.214. The number of carbonyl (C=O) groups is 1. The van der Waals surface area contributed by atoms with Crippen LogP contribution in [0.3, 0.4) is 0 Å². The third-order valence-corrected chi connectivity index (χ3v) is 8.32. The molecule has 0 bridgehead atoms. The Morgan fingerprint density at radius 3 is 2.67 bits per heavy atom. The number of non-ortho nitro benzene ring substituents is 1. The Hall–Kier alpha value is -4.56. The Morgan fingerprint density at radius 2 is 1.95 bits per heavy atom. The van der Waals surface area contributed by atoms with E-state index in [1.165, 1.54) is 18.4 Å². The molecule has 4 aromatic rings. The Kier molecular flexibility index (Phi) is 8.64. The van der Waals surface area contributed by atoms with Crippen molar-refractivity contribution < 1.29 is 28.5 Å². The summed E-state index contributed by atoms with van der Waals surface area (Å²) in [6.45, 7) is 0.262. The number of benzene rings is 2. The molecule has 0 atom stereocenters. The van der Waals surface area contributed by atoms with E-state index in [0.29, 0.717) is 26.4 Å². The molecule has 0 fully saturated rings. The van der Waals surface area contributed by atoms with Crippen molar-refractivity contribution >= 4 is 55.8 Å². The molecule has 1 N–H and O–H groups in total. The summed E-state index contributed by atoms with van der Waals surface area (Å²) in [5.74, 6) is 0.609. The van der Waals surface area contributed by atoms with E-state index in [1.54, 1.807) is 36.7 Å². The highest BCUT2D eigenvalue weighted by Gasteiger charge is 2.26. The Balaban J connectivity index is 1.44. The van der Waals surface area contributed by atoms with Crippen molar-refractivity contribution in [2.45, 2.75) is 32.2 Å². The summed E-state index contributed by atoms with van der Waals surface area (Å²) in [7, 11) is 1.41. The zero-order valence-electron chi connectivity index (χ0n) is 22.1. The lowest BCUT2D eigenvalue weighted by atomic mass is 9.95. The molecule has 1 aliphatic rings. The van der Waals surface area contributed by atoms with Gasteiger partial charge in [0, 0.05) is 17.2 Å². The van der Waals surface area contributed by atoms with Crippen molar-refractivity contribution in [2.75, 3.05) is 7.11 Å². The van der Waals surface area contributed by atoms with Crippen LogP contribution >= 0.6 is 27.3 Å². The number of methoxy groups -OCH3 is 1. The van der Waals surface area contributed by atoms with Crippen LogP contribution < -0.4 is 14.8 Å². The maximum Gasteiger partial charge on any atom is 0.318 e. The molecule has 0 saturated carbocycles. The lowest BCUT2D eigenvalue weighted by Gasteiger charge is -2.13. The number of nitro groups is 2. The summed E-state index contributed by atoms with van der Waals surface area (Å²) in [5, 5.41) is 26.2. The number of amides is 1. The second kappa shape index (κ2) is 12.5. The largest absolute Gasteiger partial charge is 0.493 e. The number of hydrogen-bond acceptors (Lipinski definition) is 10. The second-order valence-electron chi connectivity index (χ2n) is 9.21. The molecular weight excluding hydrogens is 632 g/mol. The van der Waals surface area contributed by atoms with Gasteiger partial charge < -0.3 is 19.2 Å². The Bertz CT molecular complexity index is 1700. The third-order valence-electron chi connectivity index (χ3n) is 6.53. The molecule has 216 valence electrons. The molecule has 2 heterocycles. The lowest BCUT2D eigenvalue weighted by Crippen LogP contribution is -2.23. The fourth-order valence-corrected chi connectivity index (χ4v) is 6.32. The van der Waals surface area contributed by atoms with Crippen molar-refractivity contribution in [1.29, 1.82) is 0 Å². The number of hydrogen-bond donors (Lipinski definition) is 1. The smallest absolute Gasteiger partial charge is 0.318 e. The highest BCUT2D eigenvalue weighted by atomic mass is 79.9. The van der Waals surface area contributed by atoms with Crippen LogP contribution in [0, 0.1) is 20.2 Å². The van der Waals surface area contributed by atoms with Crippen molar-refractivity contribution in [3.05, 3.63) is 101 Å². The molecule has 14 heteroatoms.